The monoisotopic (exact) mass is 475 g/mol. The molecular weight excluding hydrogens is 445 g/mol. The minimum absolute atomic E-state index is 0. The van der Waals surface area contributed by atoms with Crippen LogP contribution in [0, 0.1) is 0 Å². The van der Waals surface area contributed by atoms with Gasteiger partial charge in [0.25, 0.3) is 0 Å². The van der Waals surface area contributed by atoms with Crippen molar-refractivity contribution in [1.29, 1.82) is 0 Å². The molecule has 0 radical (unpaired) electrons. The Morgan fingerprint density at radius 3 is 2.35 bits per heavy atom. The Balaban J connectivity index is 0.00000338. The normalized spacial score (nSPS) is 14.5. The third-order valence-electron chi connectivity index (χ3n) is 4.21. The Morgan fingerprint density at radius 2 is 1.81 bits per heavy atom. The van der Waals surface area contributed by atoms with Gasteiger partial charge in [-0.1, -0.05) is 6.92 Å². The summed E-state index contributed by atoms with van der Waals surface area (Å²) in [6, 6.07) is 8.13. The number of piperazine rings is 1. The molecule has 2 N–H and O–H groups in total. The van der Waals surface area contributed by atoms with Gasteiger partial charge in [-0.25, -0.2) is 0 Å². The summed E-state index contributed by atoms with van der Waals surface area (Å²) in [7, 11) is 3.43. The summed E-state index contributed by atoms with van der Waals surface area (Å²) < 4.78 is 5.21. The predicted octanol–water partition coefficient (Wildman–Crippen LogP) is 1.54. The zero-order valence-electron chi connectivity index (χ0n) is 15.8. The maximum absolute atomic E-state index is 11.7. The van der Waals surface area contributed by atoms with E-state index < -0.39 is 0 Å². The molecule has 1 aliphatic heterocycles. The van der Waals surface area contributed by atoms with Crippen LogP contribution in [0.15, 0.2) is 29.3 Å². The highest BCUT2D eigenvalue weighted by molar-refractivity contribution is 14.0. The van der Waals surface area contributed by atoms with Gasteiger partial charge in [0.2, 0.25) is 5.91 Å². The summed E-state index contributed by atoms with van der Waals surface area (Å²) in [5, 5.41) is 6.01. The first-order valence-corrected chi connectivity index (χ1v) is 8.79. The molecule has 2 rings (SSSR count). The van der Waals surface area contributed by atoms with E-state index in [0.29, 0.717) is 6.54 Å². The van der Waals surface area contributed by atoms with E-state index in [9.17, 15) is 4.79 Å². The second kappa shape index (κ2) is 11.8. The lowest BCUT2D eigenvalue weighted by Crippen LogP contribution is -2.53. The smallest absolute Gasteiger partial charge is 0.239 e. The number of carbonyl (C=O) groups is 1. The summed E-state index contributed by atoms with van der Waals surface area (Å²) in [5.41, 5.74) is 1.20. The van der Waals surface area contributed by atoms with E-state index in [2.05, 4.69) is 37.6 Å². The van der Waals surface area contributed by atoms with Crippen molar-refractivity contribution < 1.29 is 9.53 Å². The fourth-order valence-corrected chi connectivity index (χ4v) is 2.79. The number of carbonyl (C=O) groups excluding carboxylic acids is 1. The minimum Gasteiger partial charge on any atom is -0.497 e. The molecule has 1 amide bonds. The maximum atomic E-state index is 11.7. The van der Waals surface area contributed by atoms with Gasteiger partial charge in [0.15, 0.2) is 5.96 Å². The molecule has 26 heavy (non-hydrogen) atoms. The number of halogens is 1. The van der Waals surface area contributed by atoms with Crippen LogP contribution in [0.1, 0.15) is 13.3 Å². The average molecular weight is 475 g/mol. The molecule has 1 saturated heterocycles. The van der Waals surface area contributed by atoms with Gasteiger partial charge in [0, 0.05) is 45.5 Å². The summed E-state index contributed by atoms with van der Waals surface area (Å²) in [6.45, 7) is 6.55. The van der Waals surface area contributed by atoms with Crippen molar-refractivity contribution in [2.75, 3.05) is 58.3 Å². The quantitative estimate of drug-likeness (QED) is 0.371. The number of aliphatic imine (C=N–C) groups is 1. The van der Waals surface area contributed by atoms with Crippen LogP contribution in [0.3, 0.4) is 0 Å². The topological polar surface area (TPSA) is 69.2 Å². The van der Waals surface area contributed by atoms with E-state index in [0.717, 1.165) is 44.3 Å². The first-order valence-electron chi connectivity index (χ1n) is 8.79. The Bertz CT molecular complexity index is 571. The number of nitrogens with zero attached hydrogens (tertiary/aromatic N) is 3. The van der Waals surface area contributed by atoms with Crippen molar-refractivity contribution >= 4 is 41.5 Å². The Labute approximate surface area is 173 Å². The fraction of sp³-hybridized carbons (Fsp3) is 0.556. The van der Waals surface area contributed by atoms with E-state index in [1.165, 1.54) is 5.69 Å². The number of rotatable bonds is 6. The van der Waals surface area contributed by atoms with Crippen LogP contribution < -0.4 is 20.3 Å². The van der Waals surface area contributed by atoms with Gasteiger partial charge in [0.1, 0.15) is 5.75 Å². The molecule has 7 nitrogen and oxygen atoms in total. The second-order valence-electron chi connectivity index (χ2n) is 5.92. The Hall–Kier alpha value is -1.71. The zero-order chi connectivity index (χ0) is 18.1. The summed E-state index contributed by atoms with van der Waals surface area (Å²) >= 11 is 0. The molecule has 146 valence electrons. The first-order chi connectivity index (χ1) is 12.2. The molecule has 1 fully saturated rings. The SMILES string of the molecule is CCCNC(=O)CNC(=NC)N1CCN(c2ccc(OC)cc2)CC1.I. The lowest BCUT2D eigenvalue weighted by atomic mass is 10.2. The van der Waals surface area contributed by atoms with Crippen LogP contribution in [0.5, 0.6) is 5.75 Å². The molecule has 0 spiro atoms. The number of hydrogen-bond donors (Lipinski definition) is 2. The summed E-state index contributed by atoms with van der Waals surface area (Å²) in [6.07, 6.45) is 0.938. The predicted molar refractivity (Wildman–Crippen MR) is 117 cm³/mol. The fourth-order valence-electron chi connectivity index (χ4n) is 2.79. The van der Waals surface area contributed by atoms with Crippen molar-refractivity contribution in [2.24, 2.45) is 4.99 Å². The van der Waals surface area contributed by atoms with Crippen LogP contribution >= 0.6 is 24.0 Å². The molecule has 0 aromatic heterocycles. The highest BCUT2D eigenvalue weighted by Gasteiger charge is 2.20. The molecule has 1 aliphatic rings. The van der Waals surface area contributed by atoms with Gasteiger partial charge >= 0.3 is 0 Å². The third kappa shape index (κ3) is 6.54. The van der Waals surface area contributed by atoms with Crippen molar-refractivity contribution in [3.05, 3.63) is 24.3 Å². The van der Waals surface area contributed by atoms with Gasteiger partial charge in [-0.05, 0) is 30.7 Å². The van der Waals surface area contributed by atoms with Gasteiger partial charge in [0.05, 0.1) is 13.7 Å². The van der Waals surface area contributed by atoms with Gasteiger partial charge in [-0.15, -0.1) is 24.0 Å². The van der Waals surface area contributed by atoms with Crippen molar-refractivity contribution in [3.63, 3.8) is 0 Å². The molecule has 0 unspecified atom stereocenters. The number of guanidine groups is 1. The zero-order valence-corrected chi connectivity index (χ0v) is 18.2. The van der Waals surface area contributed by atoms with Crippen LogP contribution in [0.4, 0.5) is 5.69 Å². The third-order valence-corrected chi connectivity index (χ3v) is 4.21. The summed E-state index contributed by atoms with van der Waals surface area (Å²) in [4.78, 5) is 20.6. The lowest BCUT2D eigenvalue weighted by Gasteiger charge is -2.37. The average Bonchev–Trinajstić information content (AvgIpc) is 2.67. The van der Waals surface area contributed by atoms with Crippen molar-refractivity contribution in [2.45, 2.75) is 13.3 Å². The van der Waals surface area contributed by atoms with Crippen molar-refractivity contribution in [1.82, 2.24) is 15.5 Å². The van der Waals surface area contributed by atoms with Crippen LogP contribution in [-0.2, 0) is 4.79 Å². The first kappa shape index (κ1) is 22.3. The van der Waals surface area contributed by atoms with Crippen LogP contribution in [0.25, 0.3) is 0 Å². The number of amides is 1. The number of anilines is 1. The molecule has 8 heteroatoms. The van der Waals surface area contributed by atoms with Crippen LogP contribution in [0.2, 0.25) is 0 Å². The molecule has 1 heterocycles. The molecule has 1 aromatic rings. The number of ether oxygens (including phenoxy) is 1. The number of hydrogen-bond acceptors (Lipinski definition) is 4. The Kier molecular flexibility index (Phi) is 10.2. The molecular formula is C18H30IN5O2. The maximum Gasteiger partial charge on any atom is 0.239 e. The van der Waals surface area contributed by atoms with E-state index in [1.807, 2.05) is 19.1 Å². The highest BCUT2D eigenvalue weighted by Crippen LogP contribution is 2.20. The Morgan fingerprint density at radius 1 is 1.15 bits per heavy atom. The van der Waals surface area contributed by atoms with Gasteiger partial charge in [-0.2, -0.15) is 0 Å². The van der Waals surface area contributed by atoms with E-state index >= 15 is 0 Å². The van der Waals surface area contributed by atoms with Crippen LogP contribution in [-0.4, -0.2) is 70.2 Å². The largest absolute Gasteiger partial charge is 0.497 e. The molecule has 0 aliphatic carbocycles. The summed E-state index contributed by atoms with van der Waals surface area (Å²) in [5.74, 6) is 1.65. The standard InChI is InChI=1S/C18H29N5O2.HI/c1-4-9-20-17(24)14-21-18(19-2)23-12-10-22(11-13-23)15-5-7-16(25-3)8-6-15;/h5-8H,4,9-14H2,1-3H3,(H,19,21)(H,20,24);1H. The molecule has 1 aromatic carbocycles. The molecule has 0 bridgehead atoms. The van der Waals surface area contributed by atoms with Gasteiger partial charge in [-0.3, -0.25) is 9.79 Å². The van der Waals surface area contributed by atoms with E-state index in [1.54, 1.807) is 14.2 Å². The lowest BCUT2D eigenvalue weighted by molar-refractivity contribution is -0.120. The van der Waals surface area contributed by atoms with Gasteiger partial charge < -0.3 is 25.2 Å². The molecule has 0 saturated carbocycles. The van der Waals surface area contributed by atoms with E-state index in [-0.39, 0.29) is 36.4 Å². The molecule has 0 atom stereocenters. The number of benzene rings is 1. The minimum atomic E-state index is -0.000121. The highest BCUT2D eigenvalue weighted by atomic mass is 127. The van der Waals surface area contributed by atoms with E-state index in [4.69, 9.17) is 4.74 Å². The number of nitrogens with one attached hydrogen (secondary N) is 2. The number of methoxy groups -OCH3 is 1. The second-order valence-corrected chi connectivity index (χ2v) is 5.92. The van der Waals surface area contributed by atoms with Crippen molar-refractivity contribution in [3.8, 4) is 5.75 Å².